The lowest BCUT2D eigenvalue weighted by Crippen LogP contribution is -2.25. The van der Waals surface area contributed by atoms with E-state index < -0.39 is 0 Å². The number of nitrogens with two attached hydrogens (primary N) is 3. The highest BCUT2D eigenvalue weighted by atomic mass is 16.5. The number of hydrogen-bond donors (Lipinski definition) is 3. The summed E-state index contributed by atoms with van der Waals surface area (Å²) in [5.41, 5.74) is 14.3. The van der Waals surface area contributed by atoms with Crippen molar-refractivity contribution in [3.8, 4) is 5.75 Å². The molecule has 5 nitrogen and oxygen atoms in total. The lowest BCUT2D eigenvalue weighted by Gasteiger charge is -2.21. The number of nitrogen functional groups attached to an aromatic ring is 2. The number of anilines is 4. The minimum atomic E-state index is 0.538. The second-order valence-electron chi connectivity index (χ2n) is 4.12. The lowest BCUT2D eigenvalue weighted by molar-refractivity contribution is 0.340. The van der Waals surface area contributed by atoms with Crippen LogP contribution in [0, 0.1) is 0 Å². The van der Waals surface area contributed by atoms with E-state index in [1.165, 1.54) is 5.01 Å². The first-order valence-electron chi connectivity index (χ1n) is 6.04. The molecule has 0 aliphatic carbocycles. The summed E-state index contributed by atoms with van der Waals surface area (Å²) in [6.45, 7) is 2.58. The summed E-state index contributed by atoms with van der Waals surface area (Å²) in [6, 6.07) is 12.7. The van der Waals surface area contributed by atoms with Crippen LogP contribution in [0.25, 0.3) is 0 Å². The fraction of sp³-hybridized carbons (Fsp3) is 0.143. The molecule has 100 valence electrons. The Morgan fingerprint density at radius 1 is 1.05 bits per heavy atom. The quantitative estimate of drug-likeness (QED) is 0.444. The molecular formula is C14H18N4O. The Hall–Kier alpha value is -2.40. The molecule has 2 aromatic carbocycles. The van der Waals surface area contributed by atoms with Crippen molar-refractivity contribution in [1.82, 2.24) is 0 Å². The third kappa shape index (κ3) is 2.89. The van der Waals surface area contributed by atoms with E-state index in [0.717, 1.165) is 11.4 Å². The summed E-state index contributed by atoms with van der Waals surface area (Å²) in [7, 11) is 0. The van der Waals surface area contributed by atoms with E-state index in [-0.39, 0.29) is 0 Å². The van der Waals surface area contributed by atoms with Crippen molar-refractivity contribution in [2.24, 2.45) is 5.84 Å². The topological polar surface area (TPSA) is 90.5 Å². The summed E-state index contributed by atoms with van der Waals surface area (Å²) < 4.78 is 5.39. The third-order valence-corrected chi connectivity index (χ3v) is 2.74. The Morgan fingerprint density at radius 3 is 2.32 bits per heavy atom. The van der Waals surface area contributed by atoms with Crippen molar-refractivity contribution in [2.75, 3.05) is 23.1 Å². The molecule has 0 aromatic heterocycles. The van der Waals surface area contributed by atoms with Gasteiger partial charge in [-0.05, 0) is 49.4 Å². The summed E-state index contributed by atoms with van der Waals surface area (Å²) in [5, 5.41) is 1.52. The van der Waals surface area contributed by atoms with Gasteiger partial charge in [-0.25, -0.2) is 5.84 Å². The van der Waals surface area contributed by atoms with Crippen molar-refractivity contribution in [3.05, 3.63) is 42.5 Å². The van der Waals surface area contributed by atoms with Gasteiger partial charge in [-0.2, -0.15) is 0 Å². The number of hydrazine groups is 1. The maximum atomic E-state index is 6.06. The smallest absolute Gasteiger partial charge is 0.119 e. The van der Waals surface area contributed by atoms with Crippen LogP contribution < -0.4 is 27.1 Å². The molecule has 0 unspecified atom stereocenters. The maximum absolute atomic E-state index is 6.06. The standard InChI is InChI=1S/C14H18N4O/c1-2-19-12-6-4-11(5-7-12)18(17)14-8-3-10(15)9-13(14)16/h3-9H,2,15-17H2,1H3. The largest absolute Gasteiger partial charge is 0.494 e. The van der Waals surface area contributed by atoms with E-state index in [0.29, 0.717) is 23.7 Å². The predicted octanol–water partition coefficient (Wildman–Crippen LogP) is 2.26. The molecule has 2 rings (SSSR count). The number of nitrogens with zero attached hydrogens (tertiary/aromatic N) is 1. The van der Waals surface area contributed by atoms with Crippen molar-refractivity contribution < 1.29 is 4.74 Å². The highest BCUT2D eigenvalue weighted by Crippen LogP contribution is 2.29. The van der Waals surface area contributed by atoms with Crippen LogP contribution in [-0.4, -0.2) is 6.61 Å². The van der Waals surface area contributed by atoms with Crippen LogP contribution in [0.5, 0.6) is 5.75 Å². The summed E-state index contributed by atoms with van der Waals surface area (Å²) >= 11 is 0. The molecule has 0 saturated heterocycles. The van der Waals surface area contributed by atoms with E-state index in [9.17, 15) is 0 Å². The lowest BCUT2D eigenvalue weighted by atomic mass is 10.2. The zero-order chi connectivity index (χ0) is 13.8. The fourth-order valence-corrected chi connectivity index (χ4v) is 1.80. The van der Waals surface area contributed by atoms with Gasteiger partial charge in [-0.15, -0.1) is 0 Å². The molecule has 0 saturated carbocycles. The third-order valence-electron chi connectivity index (χ3n) is 2.74. The maximum Gasteiger partial charge on any atom is 0.119 e. The molecule has 6 N–H and O–H groups in total. The highest BCUT2D eigenvalue weighted by Gasteiger charge is 2.08. The van der Waals surface area contributed by atoms with Gasteiger partial charge in [-0.1, -0.05) is 0 Å². The Labute approximate surface area is 112 Å². The molecule has 0 amide bonds. The van der Waals surface area contributed by atoms with Gasteiger partial charge in [0.25, 0.3) is 0 Å². The van der Waals surface area contributed by atoms with Crippen LogP contribution in [0.3, 0.4) is 0 Å². The van der Waals surface area contributed by atoms with Gasteiger partial charge in [0.2, 0.25) is 0 Å². The predicted molar refractivity (Wildman–Crippen MR) is 79.2 cm³/mol. The van der Waals surface area contributed by atoms with E-state index in [4.69, 9.17) is 22.0 Å². The molecule has 0 atom stereocenters. The van der Waals surface area contributed by atoms with Crippen LogP contribution in [-0.2, 0) is 0 Å². The number of benzene rings is 2. The van der Waals surface area contributed by atoms with Crippen molar-refractivity contribution in [3.63, 3.8) is 0 Å². The molecule has 2 aromatic rings. The molecule has 0 spiro atoms. The second kappa shape index (κ2) is 5.49. The zero-order valence-corrected chi connectivity index (χ0v) is 10.8. The minimum absolute atomic E-state index is 0.538. The Kier molecular flexibility index (Phi) is 3.77. The highest BCUT2D eigenvalue weighted by molar-refractivity contribution is 5.76. The molecule has 0 aliphatic rings. The van der Waals surface area contributed by atoms with Gasteiger partial charge in [-0.3, -0.25) is 5.01 Å². The Balaban J connectivity index is 2.25. The minimum Gasteiger partial charge on any atom is -0.494 e. The van der Waals surface area contributed by atoms with E-state index in [1.54, 1.807) is 18.2 Å². The van der Waals surface area contributed by atoms with E-state index in [2.05, 4.69) is 0 Å². The Bertz CT molecular complexity index is 554. The SMILES string of the molecule is CCOc1ccc(N(N)c2ccc(N)cc2N)cc1. The Morgan fingerprint density at radius 2 is 1.74 bits per heavy atom. The van der Waals surface area contributed by atoms with Crippen LogP contribution in [0.4, 0.5) is 22.7 Å². The van der Waals surface area contributed by atoms with Crippen molar-refractivity contribution in [2.45, 2.75) is 6.92 Å². The van der Waals surface area contributed by atoms with Crippen LogP contribution in [0.15, 0.2) is 42.5 Å². The number of rotatable bonds is 4. The van der Waals surface area contributed by atoms with Gasteiger partial charge in [0.05, 0.1) is 23.7 Å². The molecule has 0 fully saturated rings. The fourth-order valence-electron chi connectivity index (χ4n) is 1.80. The van der Waals surface area contributed by atoms with Gasteiger partial charge >= 0.3 is 0 Å². The van der Waals surface area contributed by atoms with Gasteiger partial charge < -0.3 is 16.2 Å². The van der Waals surface area contributed by atoms with Gasteiger partial charge in [0.15, 0.2) is 0 Å². The molecule has 0 radical (unpaired) electrons. The molecule has 0 heterocycles. The van der Waals surface area contributed by atoms with E-state index >= 15 is 0 Å². The number of hydrogen-bond acceptors (Lipinski definition) is 5. The second-order valence-corrected chi connectivity index (χ2v) is 4.12. The molecule has 0 bridgehead atoms. The number of ether oxygens (including phenoxy) is 1. The summed E-state index contributed by atoms with van der Waals surface area (Å²) in [6.07, 6.45) is 0. The van der Waals surface area contributed by atoms with Crippen LogP contribution in [0.1, 0.15) is 6.92 Å². The normalized spacial score (nSPS) is 10.2. The summed E-state index contributed by atoms with van der Waals surface area (Å²) in [4.78, 5) is 0. The average molecular weight is 258 g/mol. The van der Waals surface area contributed by atoms with Crippen LogP contribution >= 0.6 is 0 Å². The molecule has 0 aliphatic heterocycles. The molecule has 5 heteroatoms. The first kappa shape index (κ1) is 13.0. The van der Waals surface area contributed by atoms with E-state index in [1.807, 2.05) is 31.2 Å². The van der Waals surface area contributed by atoms with Gasteiger partial charge in [0.1, 0.15) is 5.75 Å². The van der Waals surface area contributed by atoms with Gasteiger partial charge in [0, 0.05) is 5.69 Å². The van der Waals surface area contributed by atoms with Crippen molar-refractivity contribution >= 4 is 22.7 Å². The molecule has 19 heavy (non-hydrogen) atoms. The average Bonchev–Trinajstić information content (AvgIpc) is 2.39. The first-order chi connectivity index (χ1) is 9.11. The molecular weight excluding hydrogens is 240 g/mol. The summed E-state index contributed by atoms with van der Waals surface area (Å²) in [5.74, 6) is 6.87. The van der Waals surface area contributed by atoms with Crippen molar-refractivity contribution in [1.29, 1.82) is 0 Å². The zero-order valence-electron chi connectivity index (χ0n) is 10.8. The monoisotopic (exact) mass is 258 g/mol. The first-order valence-corrected chi connectivity index (χ1v) is 6.04. The van der Waals surface area contributed by atoms with Crippen LogP contribution in [0.2, 0.25) is 0 Å².